The molecule has 11 heteroatoms. The van der Waals surface area contributed by atoms with Crippen molar-refractivity contribution in [1.82, 2.24) is 9.62 Å². The van der Waals surface area contributed by atoms with Crippen molar-refractivity contribution >= 4 is 43.1 Å². The summed E-state index contributed by atoms with van der Waals surface area (Å²) in [6, 6.07) is 1.18. The summed E-state index contributed by atoms with van der Waals surface area (Å²) in [4.78, 5) is 0. The van der Waals surface area contributed by atoms with Crippen LogP contribution in [-0.4, -0.2) is 52.8 Å². The molecule has 1 aromatic rings. The van der Waals surface area contributed by atoms with Gasteiger partial charge in [-0.2, -0.15) is 16.1 Å². The Kier molecular flexibility index (Phi) is 6.73. The van der Waals surface area contributed by atoms with E-state index in [1.807, 2.05) is 13.2 Å². The minimum absolute atomic E-state index is 0.0931. The van der Waals surface area contributed by atoms with Crippen molar-refractivity contribution in [2.45, 2.75) is 34.2 Å². The number of fused-ring (bicyclic) bond motifs is 1. The molecule has 0 aliphatic carbocycles. The molecule has 0 amide bonds. The molecule has 7 nitrogen and oxygen atoms in total. The van der Waals surface area contributed by atoms with Crippen LogP contribution in [0.1, 0.15) is 31.4 Å². The van der Waals surface area contributed by atoms with Gasteiger partial charge in [0.15, 0.2) is 0 Å². The molecule has 0 bridgehead atoms. The molecule has 1 aromatic heterocycles. The van der Waals surface area contributed by atoms with E-state index in [9.17, 15) is 16.8 Å². The summed E-state index contributed by atoms with van der Waals surface area (Å²) in [6.45, 7) is 3.48. The van der Waals surface area contributed by atoms with Crippen molar-refractivity contribution in [2.75, 3.05) is 31.6 Å². The normalized spacial score (nSPS) is 20.9. The van der Waals surface area contributed by atoms with Crippen LogP contribution in [0.15, 0.2) is 14.5 Å². The number of hydrogen-bond donors (Lipinski definition) is 2. The lowest BCUT2D eigenvalue weighted by atomic mass is 10.1. The predicted molar refractivity (Wildman–Crippen MR) is 98.5 cm³/mol. The first-order chi connectivity index (χ1) is 11.2. The highest BCUT2D eigenvalue weighted by molar-refractivity contribution is 7.98. The first kappa shape index (κ1) is 20.1. The Morgan fingerprint density at radius 3 is 2.79 bits per heavy atom. The number of sulfonamides is 2. The van der Waals surface area contributed by atoms with Gasteiger partial charge in [0.05, 0.1) is 0 Å². The Hall–Kier alpha value is -0.170. The van der Waals surface area contributed by atoms with Gasteiger partial charge in [-0.1, -0.05) is 6.92 Å². The number of hydrogen-bond acceptors (Lipinski definition) is 7. The maximum atomic E-state index is 12.8. The highest BCUT2D eigenvalue weighted by Gasteiger charge is 2.39. The van der Waals surface area contributed by atoms with Gasteiger partial charge < -0.3 is 5.32 Å². The maximum absolute atomic E-state index is 12.8. The van der Waals surface area contributed by atoms with E-state index in [1.54, 1.807) is 11.8 Å². The quantitative estimate of drug-likeness (QED) is 0.620. The Balaban J connectivity index is 2.42. The summed E-state index contributed by atoms with van der Waals surface area (Å²) in [7, 11) is -7.60. The number of nitrogens with zero attached hydrogens (tertiary/aromatic N) is 1. The zero-order chi connectivity index (χ0) is 18.0. The largest absolute Gasteiger partial charge is 0.309 e. The molecular formula is C13H23N3O4S4. The summed E-state index contributed by atoms with van der Waals surface area (Å²) in [6.07, 6.45) is 3.63. The highest BCUT2D eigenvalue weighted by atomic mass is 32.3. The molecule has 24 heavy (non-hydrogen) atoms. The van der Waals surface area contributed by atoms with Crippen molar-refractivity contribution < 1.29 is 16.8 Å². The SMILES string of the molecule is CCCNC1CN(CCCSC)S(=O)(=O)c2sc(S(N)(=O)=O)cc21. The van der Waals surface area contributed by atoms with Crippen LogP contribution in [0.3, 0.4) is 0 Å². The Morgan fingerprint density at radius 2 is 2.21 bits per heavy atom. The molecule has 0 fully saturated rings. The number of primary sulfonamides is 1. The van der Waals surface area contributed by atoms with E-state index in [2.05, 4.69) is 5.32 Å². The summed E-state index contributed by atoms with van der Waals surface area (Å²) < 4.78 is 50.3. The van der Waals surface area contributed by atoms with Gasteiger partial charge in [-0.15, -0.1) is 11.3 Å². The molecule has 0 radical (unpaired) electrons. The van der Waals surface area contributed by atoms with Gasteiger partial charge in [0.1, 0.15) is 8.42 Å². The first-order valence-corrected chi connectivity index (χ1v) is 12.8. The molecule has 138 valence electrons. The van der Waals surface area contributed by atoms with Crippen LogP contribution in [0.5, 0.6) is 0 Å². The Bertz CT molecular complexity index is 773. The molecule has 1 atom stereocenters. The lowest BCUT2D eigenvalue weighted by Gasteiger charge is -2.32. The second-order valence-corrected chi connectivity index (χ2v) is 11.5. The zero-order valence-corrected chi connectivity index (χ0v) is 17.0. The summed E-state index contributed by atoms with van der Waals surface area (Å²) >= 11 is 2.41. The number of thioether (sulfide) groups is 1. The van der Waals surface area contributed by atoms with E-state index in [0.717, 1.165) is 36.5 Å². The van der Waals surface area contributed by atoms with Gasteiger partial charge in [0, 0.05) is 24.7 Å². The van der Waals surface area contributed by atoms with E-state index in [1.165, 1.54) is 10.4 Å². The average Bonchev–Trinajstić information content (AvgIpc) is 2.95. The second kappa shape index (κ2) is 8.02. The number of nitrogens with two attached hydrogens (primary N) is 1. The van der Waals surface area contributed by atoms with Crippen LogP contribution in [0.2, 0.25) is 0 Å². The van der Waals surface area contributed by atoms with Crippen LogP contribution >= 0.6 is 23.1 Å². The van der Waals surface area contributed by atoms with Gasteiger partial charge in [0.2, 0.25) is 10.0 Å². The predicted octanol–water partition coefficient (Wildman–Crippen LogP) is 1.19. The van der Waals surface area contributed by atoms with Gasteiger partial charge in [-0.05, 0) is 37.5 Å². The maximum Gasteiger partial charge on any atom is 0.252 e. The molecule has 2 heterocycles. The third-order valence-corrected chi connectivity index (χ3v) is 9.38. The van der Waals surface area contributed by atoms with Crippen LogP contribution in [0.4, 0.5) is 0 Å². The molecule has 3 N–H and O–H groups in total. The summed E-state index contributed by atoms with van der Waals surface area (Å²) in [5.41, 5.74) is 0.513. The van der Waals surface area contributed by atoms with Crippen LogP contribution in [0.25, 0.3) is 0 Å². The Labute approximate surface area is 152 Å². The van der Waals surface area contributed by atoms with Crippen LogP contribution in [0, 0.1) is 0 Å². The topological polar surface area (TPSA) is 110 Å². The molecule has 0 spiro atoms. The smallest absolute Gasteiger partial charge is 0.252 e. The van der Waals surface area contributed by atoms with Gasteiger partial charge in [-0.25, -0.2) is 22.0 Å². The van der Waals surface area contributed by atoms with E-state index in [-0.39, 0.29) is 14.5 Å². The first-order valence-electron chi connectivity index (χ1n) is 7.60. The van der Waals surface area contributed by atoms with Crippen molar-refractivity contribution in [3.8, 4) is 0 Å². The lowest BCUT2D eigenvalue weighted by molar-refractivity contribution is 0.342. The van der Waals surface area contributed by atoms with E-state index in [0.29, 0.717) is 18.7 Å². The molecule has 1 unspecified atom stereocenters. The number of thiophene rings is 1. The van der Waals surface area contributed by atoms with Crippen molar-refractivity contribution in [3.63, 3.8) is 0 Å². The van der Waals surface area contributed by atoms with Crippen LogP contribution in [-0.2, 0) is 20.0 Å². The molecule has 0 saturated heterocycles. The fourth-order valence-electron chi connectivity index (χ4n) is 2.56. The molecule has 1 aliphatic rings. The van der Waals surface area contributed by atoms with Gasteiger partial charge >= 0.3 is 0 Å². The van der Waals surface area contributed by atoms with E-state index in [4.69, 9.17) is 5.14 Å². The fraction of sp³-hybridized carbons (Fsp3) is 0.692. The second-order valence-electron chi connectivity index (χ2n) is 5.57. The minimum Gasteiger partial charge on any atom is -0.309 e. The van der Waals surface area contributed by atoms with Gasteiger partial charge in [0.25, 0.3) is 10.0 Å². The van der Waals surface area contributed by atoms with E-state index < -0.39 is 20.0 Å². The van der Waals surface area contributed by atoms with Crippen molar-refractivity contribution in [1.29, 1.82) is 0 Å². The molecule has 1 aliphatic heterocycles. The third kappa shape index (κ3) is 4.32. The molecule has 0 aromatic carbocycles. The summed E-state index contributed by atoms with van der Waals surface area (Å²) in [5, 5.41) is 8.50. The molecule has 2 rings (SSSR count). The number of nitrogens with one attached hydrogen (secondary N) is 1. The summed E-state index contributed by atoms with van der Waals surface area (Å²) in [5.74, 6) is 0.874. The van der Waals surface area contributed by atoms with Crippen LogP contribution < -0.4 is 10.5 Å². The Morgan fingerprint density at radius 1 is 1.50 bits per heavy atom. The molecular weight excluding hydrogens is 390 g/mol. The standard InChI is InChI=1S/C13H23N3O4S4/c1-3-5-15-11-9-16(6-4-7-21-2)24(19,20)13-10(11)8-12(22-13)23(14,17)18/h8,11,15H,3-7,9H2,1-2H3,(H2,14,17,18). The van der Waals surface area contributed by atoms with Crippen molar-refractivity contribution in [2.24, 2.45) is 5.14 Å². The number of rotatable bonds is 8. The lowest BCUT2D eigenvalue weighted by Crippen LogP contribution is -2.44. The third-order valence-electron chi connectivity index (χ3n) is 3.72. The van der Waals surface area contributed by atoms with Crippen molar-refractivity contribution in [3.05, 3.63) is 11.6 Å². The zero-order valence-electron chi connectivity index (χ0n) is 13.7. The monoisotopic (exact) mass is 413 g/mol. The minimum atomic E-state index is -3.92. The van der Waals surface area contributed by atoms with Gasteiger partial charge in [-0.3, -0.25) is 0 Å². The molecule has 0 saturated carbocycles. The average molecular weight is 414 g/mol. The fourth-order valence-corrected chi connectivity index (χ4v) is 7.28. The van der Waals surface area contributed by atoms with E-state index >= 15 is 0 Å². The highest BCUT2D eigenvalue weighted by Crippen LogP contribution is 2.39.